The molecule has 0 amide bonds. The number of nitrogens with zero attached hydrogens (tertiary/aromatic N) is 1. The second-order valence-corrected chi connectivity index (χ2v) is 4.11. The maximum Gasteiger partial charge on any atom is 0.255 e. The van der Waals surface area contributed by atoms with Crippen molar-refractivity contribution in [3.05, 3.63) is 39.8 Å². The largest absolute Gasteiger partial charge is 0.386 e. The van der Waals surface area contributed by atoms with E-state index >= 15 is 0 Å². The topological polar surface area (TPSA) is 71.2 Å². The summed E-state index contributed by atoms with van der Waals surface area (Å²) in [4.78, 5) is 18.2. The molecule has 0 aliphatic rings. The van der Waals surface area contributed by atoms with E-state index in [-0.39, 0.29) is 11.4 Å². The molecule has 0 unspecified atom stereocenters. The second-order valence-electron chi connectivity index (χ2n) is 3.43. The number of fused-ring (bicyclic) bond motifs is 1. The van der Waals surface area contributed by atoms with E-state index in [2.05, 4.69) is 9.98 Å². The Balaban J connectivity index is 2.66. The first-order valence-electron chi connectivity index (χ1n) is 4.82. The van der Waals surface area contributed by atoms with Crippen molar-refractivity contribution in [2.24, 2.45) is 10.7 Å². The second kappa shape index (κ2) is 4.77. The molecule has 0 radical (unpaired) electrons. The van der Waals surface area contributed by atoms with E-state index in [4.69, 9.17) is 28.9 Å². The lowest BCUT2D eigenvalue weighted by atomic mass is 10.1. The van der Waals surface area contributed by atoms with Crippen molar-refractivity contribution in [1.29, 1.82) is 0 Å². The van der Waals surface area contributed by atoms with Crippen molar-refractivity contribution >= 4 is 45.5 Å². The number of hydrogen-bond donors (Lipinski definition) is 2. The first-order chi connectivity index (χ1) is 8.11. The van der Waals surface area contributed by atoms with Crippen LogP contribution in [-0.2, 0) is 0 Å². The van der Waals surface area contributed by atoms with Crippen LogP contribution in [0.3, 0.4) is 0 Å². The summed E-state index contributed by atoms with van der Waals surface area (Å²) < 4.78 is 0. The minimum atomic E-state index is -0.217. The van der Waals surface area contributed by atoms with Gasteiger partial charge in [-0.25, -0.2) is 4.99 Å². The monoisotopic (exact) mass is 269 g/mol. The molecule has 2 rings (SSSR count). The summed E-state index contributed by atoms with van der Waals surface area (Å²) in [6.07, 6.45) is 1.46. The van der Waals surface area contributed by atoms with Gasteiger partial charge in [0, 0.05) is 11.6 Å². The molecule has 17 heavy (non-hydrogen) atoms. The lowest BCUT2D eigenvalue weighted by Gasteiger charge is -2.01. The Bertz CT molecular complexity index is 649. The van der Waals surface area contributed by atoms with Gasteiger partial charge in [-0.15, -0.1) is 11.6 Å². The minimum absolute atomic E-state index is 0.143. The molecule has 0 saturated carbocycles. The highest BCUT2D eigenvalue weighted by atomic mass is 35.5. The molecule has 0 bridgehead atoms. The first-order valence-corrected chi connectivity index (χ1v) is 5.73. The highest BCUT2D eigenvalue weighted by Gasteiger charge is 2.04. The number of benzene rings is 1. The molecule has 0 saturated heterocycles. The highest BCUT2D eigenvalue weighted by molar-refractivity contribution is 6.35. The van der Waals surface area contributed by atoms with Crippen LogP contribution in [0.2, 0.25) is 5.02 Å². The van der Waals surface area contributed by atoms with Gasteiger partial charge in [-0.3, -0.25) is 4.79 Å². The Morgan fingerprint density at radius 2 is 2.18 bits per heavy atom. The van der Waals surface area contributed by atoms with Gasteiger partial charge in [-0.1, -0.05) is 17.7 Å². The van der Waals surface area contributed by atoms with E-state index in [0.29, 0.717) is 27.3 Å². The fraction of sp³-hybridized carbons (Fsp3) is 0.0909. The molecule has 6 heteroatoms. The standard InChI is InChI=1S/C11H9Cl2N3O/c12-4-10(14)16-6-1-2-7-8(3-6)11(17)15-5-9(7)13/h1-3,5H,4H2,(H2,14,16)(H,15,17). The van der Waals surface area contributed by atoms with Gasteiger partial charge in [0.25, 0.3) is 5.56 Å². The molecule has 3 N–H and O–H groups in total. The third kappa shape index (κ3) is 2.43. The molecule has 1 aromatic carbocycles. The van der Waals surface area contributed by atoms with Gasteiger partial charge >= 0.3 is 0 Å². The van der Waals surface area contributed by atoms with Gasteiger partial charge in [0.1, 0.15) is 5.84 Å². The Hall–Kier alpha value is -1.52. The van der Waals surface area contributed by atoms with Crippen molar-refractivity contribution < 1.29 is 0 Å². The molecule has 1 heterocycles. The van der Waals surface area contributed by atoms with Gasteiger partial charge in [-0.05, 0) is 12.1 Å². The first kappa shape index (κ1) is 12.0. The summed E-state index contributed by atoms with van der Waals surface area (Å²) in [6, 6.07) is 5.08. The van der Waals surface area contributed by atoms with Gasteiger partial charge in [0.15, 0.2) is 0 Å². The zero-order valence-corrected chi connectivity index (χ0v) is 10.2. The van der Waals surface area contributed by atoms with Crippen molar-refractivity contribution in [2.75, 3.05) is 5.88 Å². The van der Waals surface area contributed by atoms with E-state index in [0.717, 1.165) is 0 Å². The smallest absolute Gasteiger partial charge is 0.255 e. The van der Waals surface area contributed by atoms with E-state index in [1.165, 1.54) is 6.20 Å². The van der Waals surface area contributed by atoms with Crippen LogP contribution in [0.1, 0.15) is 0 Å². The van der Waals surface area contributed by atoms with Crippen LogP contribution in [0, 0.1) is 0 Å². The predicted octanol–water partition coefficient (Wildman–Crippen LogP) is 2.41. The number of aromatic amines is 1. The van der Waals surface area contributed by atoms with Crippen LogP contribution >= 0.6 is 23.2 Å². The molecule has 1 aromatic heterocycles. The number of alkyl halides is 1. The van der Waals surface area contributed by atoms with Crippen LogP contribution in [-0.4, -0.2) is 16.7 Å². The summed E-state index contributed by atoms with van der Waals surface area (Å²) in [7, 11) is 0. The van der Waals surface area contributed by atoms with Crippen molar-refractivity contribution in [1.82, 2.24) is 4.98 Å². The summed E-state index contributed by atoms with van der Waals surface area (Å²) in [5.41, 5.74) is 5.88. The Kier molecular flexibility index (Phi) is 3.36. The molecular weight excluding hydrogens is 261 g/mol. The highest BCUT2D eigenvalue weighted by Crippen LogP contribution is 2.23. The van der Waals surface area contributed by atoms with E-state index < -0.39 is 0 Å². The number of amidine groups is 1. The maximum atomic E-state index is 11.6. The average Bonchev–Trinajstić information content (AvgIpc) is 2.34. The van der Waals surface area contributed by atoms with Crippen LogP contribution < -0.4 is 11.3 Å². The summed E-state index contributed by atoms with van der Waals surface area (Å²) in [5, 5.41) is 1.64. The van der Waals surface area contributed by atoms with E-state index in [9.17, 15) is 4.79 Å². The summed E-state index contributed by atoms with van der Waals surface area (Å²) >= 11 is 11.5. The lowest BCUT2D eigenvalue weighted by Crippen LogP contribution is -2.12. The fourth-order valence-electron chi connectivity index (χ4n) is 1.48. The molecule has 88 valence electrons. The van der Waals surface area contributed by atoms with Gasteiger partial charge in [0.05, 0.1) is 22.0 Å². The maximum absolute atomic E-state index is 11.6. The average molecular weight is 270 g/mol. The number of rotatable bonds is 2. The van der Waals surface area contributed by atoms with Crippen LogP contribution in [0.25, 0.3) is 10.8 Å². The third-order valence-corrected chi connectivity index (χ3v) is 2.83. The van der Waals surface area contributed by atoms with Gasteiger partial charge < -0.3 is 10.7 Å². The van der Waals surface area contributed by atoms with E-state index in [1.807, 2.05) is 0 Å². The summed E-state index contributed by atoms with van der Waals surface area (Å²) in [6.45, 7) is 0. The number of nitrogens with two attached hydrogens (primary N) is 1. The molecule has 0 aliphatic heterocycles. The number of H-pyrrole nitrogens is 1. The molecule has 0 atom stereocenters. The molecular formula is C11H9Cl2N3O. The van der Waals surface area contributed by atoms with Crippen LogP contribution in [0.15, 0.2) is 34.2 Å². The number of halogens is 2. The minimum Gasteiger partial charge on any atom is -0.386 e. The molecule has 0 spiro atoms. The fourth-order valence-corrected chi connectivity index (χ4v) is 1.76. The van der Waals surface area contributed by atoms with Gasteiger partial charge in [-0.2, -0.15) is 0 Å². The normalized spacial score (nSPS) is 12.0. The van der Waals surface area contributed by atoms with E-state index in [1.54, 1.807) is 18.2 Å². The quantitative estimate of drug-likeness (QED) is 0.499. The van der Waals surface area contributed by atoms with Crippen LogP contribution in [0.5, 0.6) is 0 Å². The molecule has 0 fully saturated rings. The van der Waals surface area contributed by atoms with Crippen LogP contribution in [0.4, 0.5) is 5.69 Å². The zero-order chi connectivity index (χ0) is 12.4. The molecule has 2 aromatic rings. The third-order valence-electron chi connectivity index (χ3n) is 2.24. The number of aromatic nitrogens is 1. The number of aliphatic imine (C=N–C) groups is 1. The number of pyridine rings is 1. The zero-order valence-electron chi connectivity index (χ0n) is 8.71. The Morgan fingerprint density at radius 1 is 1.41 bits per heavy atom. The lowest BCUT2D eigenvalue weighted by molar-refractivity contribution is 1.28. The number of nitrogens with one attached hydrogen (secondary N) is 1. The van der Waals surface area contributed by atoms with Crippen molar-refractivity contribution in [3.63, 3.8) is 0 Å². The SMILES string of the molecule is NC(CCl)=Nc1ccc2c(Cl)c[nH]c(=O)c2c1. The van der Waals surface area contributed by atoms with Crippen molar-refractivity contribution in [3.8, 4) is 0 Å². The Morgan fingerprint density at radius 3 is 2.88 bits per heavy atom. The molecule has 4 nitrogen and oxygen atoms in total. The Labute approximate surface area is 107 Å². The van der Waals surface area contributed by atoms with Crippen molar-refractivity contribution in [2.45, 2.75) is 0 Å². The predicted molar refractivity (Wildman–Crippen MR) is 71.6 cm³/mol. The van der Waals surface area contributed by atoms with Gasteiger partial charge in [0.2, 0.25) is 0 Å². The molecule has 0 aliphatic carbocycles. The number of hydrogen-bond acceptors (Lipinski definition) is 2. The summed E-state index contributed by atoms with van der Waals surface area (Å²) in [5.74, 6) is 0.439.